The fraction of sp³-hybridized carbons (Fsp3) is 0.368. The molecule has 0 unspecified atom stereocenters. The lowest BCUT2D eigenvalue weighted by Gasteiger charge is -2.34. The normalized spacial score (nSPS) is 15.0. The lowest BCUT2D eigenvalue weighted by Crippen LogP contribution is -2.50. The highest BCUT2D eigenvalue weighted by Gasteiger charge is 2.26. The van der Waals surface area contributed by atoms with E-state index in [0.717, 1.165) is 5.56 Å². The van der Waals surface area contributed by atoms with E-state index >= 15 is 0 Å². The van der Waals surface area contributed by atoms with Gasteiger partial charge in [0.2, 0.25) is 5.91 Å². The Morgan fingerprint density at radius 1 is 0.926 bits per heavy atom. The van der Waals surface area contributed by atoms with E-state index in [1.54, 1.807) is 46.2 Å². The van der Waals surface area contributed by atoms with Crippen molar-refractivity contribution in [2.75, 3.05) is 31.9 Å². The molecule has 0 N–H and O–H groups in total. The van der Waals surface area contributed by atoms with Crippen LogP contribution < -0.4 is 0 Å². The Bertz CT molecular complexity index is 870. The van der Waals surface area contributed by atoms with Crippen LogP contribution in [0.2, 0.25) is 0 Å². The van der Waals surface area contributed by atoms with E-state index in [2.05, 4.69) is 0 Å². The molecule has 2 amide bonds. The Morgan fingerprint density at radius 3 is 2.22 bits per heavy atom. The van der Waals surface area contributed by atoms with Crippen molar-refractivity contribution in [1.82, 2.24) is 9.80 Å². The van der Waals surface area contributed by atoms with E-state index in [-0.39, 0.29) is 35.5 Å². The van der Waals surface area contributed by atoms with E-state index < -0.39 is 9.84 Å². The van der Waals surface area contributed by atoms with Gasteiger partial charge in [-0.1, -0.05) is 30.3 Å². The van der Waals surface area contributed by atoms with Gasteiger partial charge in [0.05, 0.1) is 17.8 Å². The highest BCUT2D eigenvalue weighted by atomic mass is 32.2. The van der Waals surface area contributed by atoms with Crippen LogP contribution in [0.3, 0.4) is 0 Å². The summed E-state index contributed by atoms with van der Waals surface area (Å²) in [5.74, 6) is -0.352. The Labute approximate surface area is 158 Å². The van der Waals surface area contributed by atoms with Crippen LogP contribution in [0.15, 0.2) is 53.1 Å². The molecule has 27 heavy (non-hydrogen) atoms. The molecule has 0 spiro atoms. The molecule has 1 saturated heterocycles. The van der Waals surface area contributed by atoms with Crippen LogP contribution >= 0.6 is 0 Å². The highest BCUT2D eigenvalue weighted by Crippen LogP contribution is 2.12. The van der Waals surface area contributed by atoms with E-state index in [1.165, 1.54) is 6.26 Å². The van der Waals surface area contributed by atoms with Gasteiger partial charge in [-0.15, -0.1) is 0 Å². The van der Waals surface area contributed by atoms with Crippen molar-refractivity contribution in [2.45, 2.75) is 12.2 Å². The number of sulfone groups is 1. The summed E-state index contributed by atoms with van der Waals surface area (Å²) in [6.45, 7) is 1.60. The van der Waals surface area contributed by atoms with Crippen LogP contribution in [0.1, 0.15) is 22.5 Å². The molecule has 1 aromatic carbocycles. The molecule has 1 aliphatic rings. The van der Waals surface area contributed by atoms with Gasteiger partial charge in [0, 0.05) is 32.6 Å². The maximum atomic E-state index is 12.3. The van der Waals surface area contributed by atoms with Gasteiger partial charge in [0.1, 0.15) is 0 Å². The molecule has 2 heterocycles. The zero-order valence-corrected chi connectivity index (χ0v) is 15.7. The average Bonchev–Trinajstić information content (AvgIpc) is 3.21. The fourth-order valence-corrected chi connectivity index (χ4v) is 4.35. The lowest BCUT2D eigenvalue weighted by atomic mass is 10.2. The summed E-state index contributed by atoms with van der Waals surface area (Å²) in [7, 11) is -3.35. The first-order valence-electron chi connectivity index (χ1n) is 8.79. The zero-order chi connectivity index (χ0) is 19.3. The second-order valence-electron chi connectivity index (χ2n) is 6.48. The zero-order valence-electron chi connectivity index (χ0n) is 14.9. The number of hydrogen-bond acceptors (Lipinski definition) is 5. The van der Waals surface area contributed by atoms with Crippen LogP contribution in [0, 0.1) is 0 Å². The molecule has 0 atom stereocenters. The molecule has 0 saturated carbocycles. The number of carbonyl (C=O) groups is 2. The summed E-state index contributed by atoms with van der Waals surface area (Å²) in [5.41, 5.74) is 0.718. The first-order chi connectivity index (χ1) is 12.9. The molecule has 0 radical (unpaired) electrons. The van der Waals surface area contributed by atoms with E-state index in [0.29, 0.717) is 26.2 Å². The van der Waals surface area contributed by atoms with Crippen LogP contribution in [0.5, 0.6) is 0 Å². The molecular formula is C19H22N2O5S. The summed E-state index contributed by atoms with van der Waals surface area (Å²) >= 11 is 0. The largest absolute Gasteiger partial charge is 0.459 e. The van der Waals surface area contributed by atoms with Gasteiger partial charge in [0.25, 0.3) is 5.91 Å². The number of nitrogens with zero attached hydrogens (tertiary/aromatic N) is 2. The molecule has 1 fully saturated rings. The molecule has 1 aliphatic heterocycles. The van der Waals surface area contributed by atoms with Crippen LogP contribution in [-0.2, 0) is 20.4 Å². The van der Waals surface area contributed by atoms with Crippen molar-refractivity contribution in [1.29, 1.82) is 0 Å². The van der Waals surface area contributed by atoms with Crippen molar-refractivity contribution in [3.05, 3.63) is 60.1 Å². The van der Waals surface area contributed by atoms with Gasteiger partial charge < -0.3 is 14.2 Å². The average molecular weight is 390 g/mol. The van der Waals surface area contributed by atoms with Crippen molar-refractivity contribution in [3.8, 4) is 0 Å². The molecule has 0 bridgehead atoms. The molecule has 7 nitrogen and oxygen atoms in total. The monoisotopic (exact) mass is 390 g/mol. The van der Waals surface area contributed by atoms with Gasteiger partial charge in [-0.05, 0) is 17.7 Å². The molecule has 8 heteroatoms. The molecule has 2 aromatic rings. The number of rotatable bonds is 6. The van der Waals surface area contributed by atoms with Gasteiger partial charge in [0.15, 0.2) is 15.6 Å². The van der Waals surface area contributed by atoms with E-state index in [9.17, 15) is 18.0 Å². The van der Waals surface area contributed by atoms with Crippen LogP contribution in [0.4, 0.5) is 0 Å². The number of furan rings is 1. The third-order valence-corrected chi connectivity index (χ3v) is 6.11. The van der Waals surface area contributed by atoms with Crippen molar-refractivity contribution >= 4 is 21.7 Å². The lowest BCUT2D eigenvalue weighted by molar-refractivity contribution is -0.132. The summed E-state index contributed by atoms with van der Waals surface area (Å²) in [4.78, 5) is 27.8. The van der Waals surface area contributed by atoms with Gasteiger partial charge >= 0.3 is 0 Å². The smallest absolute Gasteiger partial charge is 0.289 e. The number of benzene rings is 1. The topological polar surface area (TPSA) is 87.9 Å². The highest BCUT2D eigenvalue weighted by molar-refractivity contribution is 7.90. The van der Waals surface area contributed by atoms with E-state index in [1.807, 2.05) is 6.07 Å². The Morgan fingerprint density at radius 2 is 1.59 bits per heavy atom. The second-order valence-corrected chi connectivity index (χ2v) is 8.66. The minimum absolute atomic E-state index is 0.0404. The maximum Gasteiger partial charge on any atom is 0.289 e. The number of carbonyl (C=O) groups excluding carboxylic acids is 2. The summed E-state index contributed by atoms with van der Waals surface area (Å²) in [6.07, 6.45) is 1.41. The Kier molecular flexibility index (Phi) is 5.95. The summed E-state index contributed by atoms with van der Waals surface area (Å²) in [6, 6.07) is 12.2. The number of amides is 2. The Balaban J connectivity index is 1.46. The van der Waals surface area contributed by atoms with Crippen molar-refractivity contribution < 1.29 is 22.4 Å². The van der Waals surface area contributed by atoms with Crippen molar-refractivity contribution in [3.63, 3.8) is 0 Å². The van der Waals surface area contributed by atoms with Crippen LogP contribution in [-0.4, -0.2) is 62.0 Å². The molecule has 144 valence electrons. The number of hydrogen-bond donors (Lipinski definition) is 0. The maximum absolute atomic E-state index is 12.3. The predicted octanol–water partition coefficient (Wildman–Crippen LogP) is 1.57. The molecule has 0 aliphatic carbocycles. The van der Waals surface area contributed by atoms with E-state index in [4.69, 9.17) is 4.42 Å². The third kappa shape index (κ3) is 5.19. The van der Waals surface area contributed by atoms with Gasteiger partial charge in [-0.3, -0.25) is 9.59 Å². The molecule has 1 aromatic heterocycles. The molecule has 3 rings (SSSR count). The molecular weight excluding hydrogens is 368 g/mol. The van der Waals surface area contributed by atoms with Crippen LogP contribution in [0.25, 0.3) is 0 Å². The fourth-order valence-electron chi connectivity index (χ4n) is 3.02. The quantitative estimate of drug-likeness (QED) is 0.747. The SMILES string of the molecule is O=C(CCS(=O)(=O)Cc1ccccc1)N1CCN(C(=O)c2ccco2)CC1. The minimum Gasteiger partial charge on any atom is -0.459 e. The first-order valence-corrected chi connectivity index (χ1v) is 10.6. The van der Waals surface area contributed by atoms with Crippen molar-refractivity contribution in [2.24, 2.45) is 0 Å². The summed E-state index contributed by atoms with van der Waals surface area (Å²) < 4.78 is 29.6. The standard InChI is InChI=1S/C19H22N2O5S/c22-18(8-14-27(24,25)15-16-5-2-1-3-6-16)20-9-11-21(12-10-20)19(23)17-7-4-13-26-17/h1-7,13H,8-12,14-15H2. The number of piperazine rings is 1. The minimum atomic E-state index is -3.35. The first kappa shape index (κ1) is 19.2. The second kappa shape index (κ2) is 8.39. The summed E-state index contributed by atoms with van der Waals surface area (Å²) in [5, 5.41) is 0. The Hall–Kier alpha value is -2.61. The van der Waals surface area contributed by atoms with Gasteiger partial charge in [-0.25, -0.2) is 8.42 Å². The van der Waals surface area contributed by atoms with Gasteiger partial charge in [-0.2, -0.15) is 0 Å². The third-order valence-electron chi connectivity index (χ3n) is 4.51. The predicted molar refractivity (Wildman–Crippen MR) is 99.7 cm³/mol.